The summed E-state index contributed by atoms with van der Waals surface area (Å²) in [6.45, 7) is 3.13. The van der Waals surface area contributed by atoms with Crippen molar-refractivity contribution in [3.63, 3.8) is 0 Å². The highest BCUT2D eigenvalue weighted by Crippen LogP contribution is 2.21. The van der Waals surface area contributed by atoms with Gasteiger partial charge in [0.25, 0.3) is 5.91 Å². The number of hydrogen-bond donors (Lipinski definition) is 1. The number of hydrogen-bond acceptors (Lipinski definition) is 4. The number of likely N-dealkylation sites (N-methyl/N-ethyl adjacent to an activating group) is 1. The summed E-state index contributed by atoms with van der Waals surface area (Å²) in [5.41, 5.74) is 2.61. The summed E-state index contributed by atoms with van der Waals surface area (Å²) in [6, 6.07) is 10.3. The lowest BCUT2D eigenvalue weighted by atomic mass is 10.1. The summed E-state index contributed by atoms with van der Waals surface area (Å²) >= 11 is 0. The van der Waals surface area contributed by atoms with Gasteiger partial charge in [-0.05, 0) is 57.1 Å². The SMILES string of the molecule is Cc1cc(CCc2c[nH]c3ccccc23)oc(=O)c1C(=O)N1CCC(N(C)C)C1. The summed E-state index contributed by atoms with van der Waals surface area (Å²) in [6.07, 6.45) is 4.29. The number of fused-ring (bicyclic) bond motifs is 1. The molecule has 1 unspecified atom stereocenters. The second kappa shape index (κ2) is 7.87. The third-order valence-electron chi connectivity index (χ3n) is 5.91. The highest BCUT2D eigenvalue weighted by Gasteiger charge is 2.30. The van der Waals surface area contributed by atoms with Crippen molar-refractivity contribution in [1.82, 2.24) is 14.8 Å². The Kier molecular flexibility index (Phi) is 5.28. The number of benzene rings is 1. The van der Waals surface area contributed by atoms with Crippen molar-refractivity contribution in [2.75, 3.05) is 27.2 Å². The number of nitrogens with zero attached hydrogens (tertiary/aromatic N) is 2. The molecule has 0 saturated carbocycles. The minimum absolute atomic E-state index is 0.167. The van der Waals surface area contributed by atoms with Gasteiger partial charge in [0.1, 0.15) is 11.3 Å². The van der Waals surface area contributed by atoms with Crippen LogP contribution < -0.4 is 5.63 Å². The number of nitrogens with one attached hydrogen (secondary N) is 1. The van der Waals surface area contributed by atoms with Gasteiger partial charge in [0.05, 0.1) is 0 Å². The Morgan fingerprint density at radius 3 is 2.79 bits per heavy atom. The zero-order valence-electron chi connectivity index (χ0n) is 17.2. The van der Waals surface area contributed by atoms with Gasteiger partial charge in [0.2, 0.25) is 0 Å². The van der Waals surface area contributed by atoms with Crippen molar-refractivity contribution in [3.05, 3.63) is 69.4 Å². The largest absolute Gasteiger partial charge is 0.427 e. The topological polar surface area (TPSA) is 69.5 Å². The highest BCUT2D eigenvalue weighted by atomic mass is 16.4. The Hall–Kier alpha value is -2.86. The predicted molar refractivity (Wildman–Crippen MR) is 113 cm³/mol. The van der Waals surface area contributed by atoms with E-state index in [2.05, 4.69) is 16.0 Å². The zero-order valence-corrected chi connectivity index (χ0v) is 17.2. The van der Waals surface area contributed by atoms with Crippen LogP contribution in [0.1, 0.15) is 33.7 Å². The summed E-state index contributed by atoms with van der Waals surface area (Å²) in [7, 11) is 4.03. The molecule has 0 spiro atoms. The van der Waals surface area contributed by atoms with Gasteiger partial charge in [-0.2, -0.15) is 0 Å². The second-order valence-electron chi connectivity index (χ2n) is 8.07. The Labute approximate surface area is 170 Å². The van der Waals surface area contributed by atoms with Crippen LogP contribution in [-0.2, 0) is 12.8 Å². The molecule has 1 amide bonds. The number of likely N-dealkylation sites (tertiary alicyclic amines) is 1. The maximum atomic E-state index is 12.9. The van der Waals surface area contributed by atoms with E-state index in [1.807, 2.05) is 51.5 Å². The van der Waals surface area contributed by atoms with E-state index in [9.17, 15) is 9.59 Å². The summed E-state index contributed by atoms with van der Waals surface area (Å²) in [5.74, 6) is 0.394. The molecule has 1 atom stereocenters. The van der Waals surface area contributed by atoms with Crippen LogP contribution in [-0.4, -0.2) is 53.9 Å². The molecule has 3 heterocycles. The van der Waals surface area contributed by atoms with Crippen LogP contribution in [0.15, 0.2) is 45.7 Å². The third-order valence-corrected chi connectivity index (χ3v) is 5.91. The van der Waals surface area contributed by atoms with Gasteiger partial charge in [-0.1, -0.05) is 18.2 Å². The summed E-state index contributed by atoms with van der Waals surface area (Å²) < 4.78 is 5.53. The quantitative estimate of drug-likeness (QED) is 0.724. The van der Waals surface area contributed by atoms with Crippen LogP contribution in [0, 0.1) is 6.92 Å². The van der Waals surface area contributed by atoms with E-state index in [4.69, 9.17) is 4.42 Å². The van der Waals surface area contributed by atoms with Crippen LogP contribution in [0.2, 0.25) is 0 Å². The van der Waals surface area contributed by atoms with Gasteiger partial charge in [-0.3, -0.25) is 4.79 Å². The first-order valence-electron chi connectivity index (χ1n) is 10.1. The van der Waals surface area contributed by atoms with Crippen molar-refractivity contribution >= 4 is 16.8 Å². The minimum atomic E-state index is -0.530. The maximum Gasteiger partial charge on any atom is 0.349 e. The first kappa shape index (κ1) is 19.5. The van der Waals surface area contributed by atoms with Crippen LogP contribution >= 0.6 is 0 Å². The molecular weight excluding hydrogens is 366 g/mol. The number of carbonyl (C=O) groups excluding carboxylic acids is 1. The molecule has 1 aromatic carbocycles. The molecule has 6 nitrogen and oxygen atoms in total. The van der Waals surface area contributed by atoms with Crippen LogP contribution in [0.3, 0.4) is 0 Å². The zero-order chi connectivity index (χ0) is 20.5. The van der Waals surface area contributed by atoms with Gasteiger partial charge in [0.15, 0.2) is 0 Å². The van der Waals surface area contributed by atoms with Crippen molar-refractivity contribution in [2.24, 2.45) is 0 Å². The number of H-pyrrole nitrogens is 1. The fourth-order valence-corrected chi connectivity index (χ4v) is 4.16. The second-order valence-corrected chi connectivity index (χ2v) is 8.07. The lowest BCUT2D eigenvalue weighted by molar-refractivity contribution is 0.0777. The van der Waals surface area contributed by atoms with Crippen molar-refractivity contribution < 1.29 is 9.21 Å². The minimum Gasteiger partial charge on any atom is -0.427 e. The van der Waals surface area contributed by atoms with E-state index in [0.29, 0.717) is 36.9 Å². The molecule has 0 bridgehead atoms. The Balaban J connectivity index is 1.50. The monoisotopic (exact) mass is 393 g/mol. The molecule has 1 aliphatic heterocycles. The van der Waals surface area contributed by atoms with E-state index < -0.39 is 5.63 Å². The average molecular weight is 393 g/mol. The van der Waals surface area contributed by atoms with E-state index >= 15 is 0 Å². The Morgan fingerprint density at radius 1 is 1.28 bits per heavy atom. The molecular formula is C23H27N3O3. The molecule has 0 aliphatic carbocycles. The number of amides is 1. The average Bonchev–Trinajstić information content (AvgIpc) is 3.33. The van der Waals surface area contributed by atoms with Crippen molar-refractivity contribution in [1.29, 1.82) is 0 Å². The molecule has 4 rings (SSSR count). The number of aromatic amines is 1. The molecule has 1 aliphatic rings. The number of para-hydroxylation sites is 1. The highest BCUT2D eigenvalue weighted by molar-refractivity contribution is 5.95. The molecule has 0 radical (unpaired) electrons. The predicted octanol–water partition coefficient (Wildman–Crippen LogP) is 2.99. The first-order valence-corrected chi connectivity index (χ1v) is 10.1. The first-order chi connectivity index (χ1) is 13.9. The number of rotatable bonds is 5. The molecule has 1 saturated heterocycles. The summed E-state index contributed by atoms with van der Waals surface area (Å²) in [4.78, 5) is 32.7. The lowest BCUT2D eigenvalue weighted by Gasteiger charge is -2.20. The normalized spacial score (nSPS) is 16.8. The Bertz CT molecular complexity index is 1100. The number of aromatic nitrogens is 1. The van der Waals surface area contributed by atoms with Crippen LogP contribution in [0.25, 0.3) is 10.9 Å². The van der Waals surface area contributed by atoms with Crippen LogP contribution in [0.4, 0.5) is 0 Å². The van der Waals surface area contributed by atoms with E-state index in [-0.39, 0.29) is 11.5 Å². The molecule has 1 fully saturated rings. The summed E-state index contributed by atoms with van der Waals surface area (Å²) in [5, 5.41) is 1.18. The number of carbonyl (C=O) groups is 1. The molecule has 152 valence electrons. The Morgan fingerprint density at radius 2 is 2.07 bits per heavy atom. The molecule has 2 aromatic heterocycles. The number of aryl methyl sites for hydroxylation is 3. The van der Waals surface area contributed by atoms with E-state index in [0.717, 1.165) is 18.4 Å². The molecule has 29 heavy (non-hydrogen) atoms. The van der Waals surface area contributed by atoms with Gasteiger partial charge < -0.3 is 19.2 Å². The van der Waals surface area contributed by atoms with Crippen LogP contribution in [0.5, 0.6) is 0 Å². The fraction of sp³-hybridized carbons (Fsp3) is 0.391. The van der Waals surface area contributed by atoms with Gasteiger partial charge in [-0.15, -0.1) is 0 Å². The standard InChI is InChI=1S/C23H27N3O3/c1-15-12-18(9-8-16-13-24-20-7-5-4-6-19(16)20)29-23(28)21(15)22(27)26-11-10-17(14-26)25(2)3/h4-7,12-13,17,24H,8-11,14H2,1-3H3. The molecule has 6 heteroatoms. The van der Waals surface area contributed by atoms with Gasteiger partial charge in [-0.25, -0.2) is 4.79 Å². The molecule has 1 N–H and O–H groups in total. The van der Waals surface area contributed by atoms with Crippen molar-refractivity contribution in [3.8, 4) is 0 Å². The van der Waals surface area contributed by atoms with E-state index in [1.165, 1.54) is 10.9 Å². The van der Waals surface area contributed by atoms with E-state index in [1.54, 1.807) is 4.90 Å². The van der Waals surface area contributed by atoms with Gasteiger partial charge >= 0.3 is 5.63 Å². The smallest absolute Gasteiger partial charge is 0.349 e. The molecule has 3 aromatic rings. The lowest BCUT2D eigenvalue weighted by Crippen LogP contribution is -2.36. The fourth-order valence-electron chi connectivity index (χ4n) is 4.16. The van der Waals surface area contributed by atoms with Gasteiger partial charge in [0, 0.05) is 42.7 Å². The van der Waals surface area contributed by atoms with Crippen molar-refractivity contribution in [2.45, 2.75) is 32.2 Å². The maximum absolute atomic E-state index is 12.9. The third kappa shape index (κ3) is 3.85.